The van der Waals surface area contributed by atoms with Crippen LogP contribution >= 0.6 is 11.8 Å². The van der Waals surface area contributed by atoms with Crippen LogP contribution in [0.15, 0.2) is 53.7 Å². The first-order chi connectivity index (χ1) is 14.1. The molecule has 1 atom stereocenters. The summed E-state index contributed by atoms with van der Waals surface area (Å²) >= 11 is 1.59. The highest BCUT2D eigenvalue weighted by Crippen LogP contribution is 2.25. The van der Waals surface area contributed by atoms with Gasteiger partial charge in [-0.15, -0.1) is 10.2 Å². The maximum atomic E-state index is 5.97. The number of rotatable bonds is 10. The van der Waals surface area contributed by atoms with Gasteiger partial charge >= 0.3 is 0 Å². The normalized spacial score (nSPS) is 11.7. The van der Waals surface area contributed by atoms with Gasteiger partial charge in [0, 0.05) is 12.8 Å². The second-order valence-electron chi connectivity index (χ2n) is 6.21. The van der Waals surface area contributed by atoms with Gasteiger partial charge in [0.05, 0.1) is 20.8 Å². The molecule has 154 valence electrons. The fourth-order valence-electron chi connectivity index (χ4n) is 2.68. The van der Waals surface area contributed by atoms with E-state index in [4.69, 9.17) is 18.9 Å². The lowest BCUT2D eigenvalue weighted by molar-refractivity contribution is 0.211. The van der Waals surface area contributed by atoms with Crippen LogP contribution in [0.1, 0.15) is 18.9 Å². The Labute approximate surface area is 175 Å². The maximum Gasteiger partial charge on any atom is 0.191 e. The van der Waals surface area contributed by atoms with E-state index in [2.05, 4.69) is 10.2 Å². The van der Waals surface area contributed by atoms with E-state index < -0.39 is 0 Å². The van der Waals surface area contributed by atoms with E-state index in [1.165, 1.54) is 0 Å². The first kappa shape index (κ1) is 20.9. The number of ether oxygens (including phenoxy) is 4. The molecule has 1 aromatic heterocycles. The fourth-order valence-corrected chi connectivity index (χ4v) is 3.42. The largest absolute Gasteiger partial charge is 0.497 e. The molecule has 0 aliphatic carbocycles. The minimum Gasteiger partial charge on any atom is -0.497 e. The predicted octanol–water partition coefficient (Wildman–Crippen LogP) is 4.14. The molecule has 1 unspecified atom stereocenters. The Morgan fingerprint density at radius 1 is 0.862 bits per heavy atom. The van der Waals surface area contributed by atoms with Crippen LogP contribution in [-0.4, -0.2) is 41.3 Å². The number of methoxy groups -OCH3 is 2. The van der Waals surface area contributed by atoms with Gasteiger partial charge in [0.25, 0.3) is 0 Å². The van der Waals surface area contributed by atoms with E-state index in [1.54, 1.807) is 26.0 Å². The van der Waals surface area contributed by atoms with Crippen molar-refractivity contribution in [3.8, 4) is 23.0 Å². The van der Waals surface area contributed by atoms with Gasteiger partial charge in [-0.3, -0.25) is 0 Å². The average Bonchev–Trinajstić information content (AvgIpc) is 3.12. The molecule has 3 aromatic rings. The SMILES string of the molecule is COc1ccc(OCCSc2nnc(C(C)Oc3ccc(OC)cc3)n2C)cc1. The van der Waals surface area contributed by atoms with Gasteiger partial charge in [-0.05, 0) is 55.5 Å². The lowest BCUT2D eigenvalue weighted by atomic mass is 10.3. The zero-order chi connectivity index (χ0) is 20.6. The number of benzene rings is 2. The van der Waals surface area contributed by atoms with E-state index in [0.29, 0.717) is 6.61 Å². The Balaban J connectivity index is 1.50. The number of hydrogen-bond acceptors (Lipinski definition) is 7. The van der Waals surface area contributed by atoms with Crippen molar-refractivity contribution in [3.63, 3.8) is 0 Å². The minimum absolute atomic E-state index is 0.231. The smallest absolute Gasteiger partial charge is 0.191 e. The summed E-state index contributed by atoms with van der Waals surface area (Å²) in [4.78, 5) is 0. The highest BCUT2D eigenvalue weighted by molar-refractivity contribution is 7.99. The zero-order valence-corrected chi connectivity index (χ0v) is 17.8. The Morgan fingerprint density at radius 3 is 2.00 bits per heavy atom. The van der Waals surface area contributed by atoms with Gasteiger partial charge in [-0.25, -0.2) is 0 Å². The summed E-state index contributed by atoms with van der Waals surface area (Å²) in [5.74, 6) is 4.68. The van der Waals surface area contributed by atoms with Crippen molar-refractivity contribution < 1.29 is 18.9 Å². The summed E-state index contributed by atoms with van der Waals surface area (Å²) in [6.07, 6.45) is -0.231. The molecule has 0 fully saturated rings. The Bertz CT molecular complexity index is 897. The third kappa shape index (κ3) is 5.57. The summed E-state index contributed by atoms with van der Waals surface area (Å²) in [6.45, 7) is 2.52. The van der Waals surface area contributed by atoms with E-state index in [0.717, 1.165) is 39.7 Å². The van der Waals surface area contributed by atoms with Crippen LogP contribution in [0.2, 0.25) is 0 Å². The van der Waals surface area contributed by atoms with E-state index in [9.17, 15) is 0 Å². The van der Waals surface area contributed by atoms with Gasteiger partial charge in [-0.1, -0.05) is 11.8 Å². The summed E-state index contributed by atoms with van der Waals surface area (Å²) < 4.78 is 24.0. The number of thioether (sulfide) groups is 1. The molecule has 7 nitrogen and oxygen atoms in total. The van der Waals surface area contributed by atoms with Crippen LogP contribution < -0.4 is 18.9 Å². The first-order valence-corrected chi connectivity index (χ1v) is 10.2. The van der Waals surface area contributed by atoms with Crippen LogP contribution in [0.25, 0.3) is 0 Å². The highest BCUT2D eigenvalue weighted by Gasteiger charge is 2.17. The molecule has 2 aromatic carbocycles. The van der Waals surface area contributed by atoms with Gasteiger partial charge < -0.3 is 23.5 Å². The van der Waals surface area contributed by atoms with Gasteiger partial charge in [0.2, 0.25) is 0 Å². The van der Waals surface area contributed by atoms with Crippen molar-refractivity contribution in [1.29, 1.82) is 0 Å². The Kier molecular flexibility index (Phi) is 7.24. The van der Waals surface area contributed by atoms with Crippen molar-refractivity contribution in [2.75, 3.05) is 26.6 Å². The van der Waals surface area contributed by atoms with Crippen LogP contribution in [0.4, 0.5) is 0 Å². The lowest BCUT2D eigenvalue weighted by Crippen LogP contribution is -2.10. The lowest BCUT2D eigenvalue weighted by Gasteiger charge is -2.14. The summed E-state index contributed by atoms with van der Waals surface area (Å²) in [5, 5.41) is 9.39. The summed E-state index contributed by atoms with van der Waals surface area (Å²) in [6, 6.07) is 15.0. The second-order valence-corrected chi connectivity index (χ2v) is 7.27. The molecule has 8 heteroatoms. The molecule has 0 amide bonds. The molecule has 0 aliphatic rings. The monoisotopic (exact) mass is 415 g/mol. The molecule has 0 radical (unpaired) electrons. The number of hydrogen-bond donors (Lipinski definition) is 0. The average molecular weight is 416 g/mol. The van der Waals surface area contributed by atoms with E-state index in [1.807, 2.05) is 67.1 Å². The summed E-state index contributed by atoms with van der Waals surface area (Å²) in [7, 11) is 5.22. The molecule has 0 saturated heterocycles. The van der Waals surface area contributed by atoms with Gasteiger partial charge in [-0.2, -0.15) is 0 Å². The van der Waals surface area contributed by atoms with Crippen molar-refractivity contribution in [2.24, 2.45) is 7.05 Å². The van der Waals surface area contributed by atoms with Crippen LogP contribution in [0.5, 0.6) is 23.0 Å². The topological polar surface area (TPSA) is 67.6 Å². The number of nitrogens with zero attached hydrogens (tertiary/aromatic N) is 3. The van der Waals surface area contributed by atoms with E-state index >= 15 is 0 Å². The van der Waals surface area contributed by atoms with Gasteiger partial charge in [0.1, 0.15) is 23.0 Å². The van der Waals surface area contributed by atoms with Crippen LogP contribution in [0.3, 0.4) is 0 Å². The van der Waals surface area contributed by atoms with Crippen LogP contribution in [0, 0.1) is 0 Å². The van der Waals surface area contributed by atoms with E-state index in [-0.39, 0.29) is 6.10 Å². The second kappa shape index (κ2) is 10.1. The van der Waals surface area contributed by atoms with Crippen molar-refractivity contribution in [2.45, 2.75) is 18.2 Å². The molecule has 0 spiro atoms. The fraction of sp³-hybridized carbons (Fsp3) is 0.333. The standard InChI is InChI=1S/C21H25N3O4S/c1-15(28-19-11-7-17(26-4)8-12-19)20-22-23-21(24(20)2)29-14-13-27-18-9-5-16(25-3)6-10-18/h5-12,15H,13-14H2,1-4H3. The molecule has 3 rings (SSSR count). The third-order valence-corrected chi connectivity index (χ3v) is 5.23. The molecule has 0 N–H and O–H groups in total. The molecule has 0 bridgehead atoms. The zero-order valence-electron chi connectivity index (χ0n) is 17.0. The highest BCUT2D eigenvalue weighted by atomic mass is 32.2. The number of aromatic nitrogens is 3. The van der Waals surface area contributed by atoms with Crippen LogP contribution in [-0.2, 0) is 7.05 Å². The quantitative estimate of drug-likeness (QED) is 0.364. The van der Waals surface area contributed by atoms with Crippen molar-refractivity contribution >= 4 is 11.8 Å². The molecule has 0 saturated carbocycles. The Morgan fingerprint density at radius 2 is 1.41 bits per heavy atom. The third-order valence-electron chi connectivity index (χ3n) is 4.25. The molecule has 1 heterocycles. The molecular weight excluding hydrogens is 390 g/mol. The van der Waals surface area contributed by atoms with Gasteiger partial charge in [0.15, 0.2) is 17.1 Å². The predicted molar refractivity (Wildman–Crippen MR) is 112 cm³/mol. The Hall–Kier alpha value is -2.87. The summed E-state index contributed by atoms with van der Waals surface area (Å²) in [5.41, 5.74) is 0. The first-order valence-electron chi connectivity index (χ1n) is 9.20. The molecule has 0 aliphatic heterocycles. The maximum absolute atomic E-state index is 5.97. The minimum atomic E-state index is -0.231. The molecular formula is C21H25N3O4S. The van der Waals surface area contributed by atoms with Crippen molar-refractivity contribution in [1.82, 2.24) is 14.8 Å². The van der Waals surface area contributed by atoms with Crippen molar-refractivity contribution in [3.05, 3.63) is 54.4 Å². The molecule has 29 heavy (non-hydrogen) atoms.